The molecule has 0 aliphatic heterocycles. The van der Waals surface area contributed by atoms with Crippen LogP contribution >= 0.6 is 0 Å². The fraction of sp³-hybridized carbons (Fsp3) is 0.875. The van der Waals surface area contributed by atoms with E-state index in [-0.39, 0.29) is 5.60 Å². The minimum absolute atomic E-state index is 0.363. The maximum Gasteiger partial charge on any atom is 0.246 e. The summed E-state index contributed by atoms with van der Waals surface area (Å²) in [5.41, 5.74) is 5.73. The molecule has 0 unspecified atom stereocenters. The molecule has 21 heavy (non-hydrogen) atoms. The van der Waals surface area contributed by atoms with Crippen LogP contribution in [0.5, 0.6) is 0 Å². The highest BCUT2D eigenvalue weighted by Crippen LogP contribution is 2.41. The molecule has 2 aliphatic carbocycles. The molecule has 0 spiro atoms. The van der Waals surface area contributed by atoms with E-state index in [2.05, 4.69) is 17.1 Å². The minimum atomic E-state index is -0.443. The molecule has 0 bridgehead atoms. The molecule has 2 N–H and O–H groups in total. The summed E-state index contributed by atoms with van der Waals surface area (Å²) >= 11 is 0. The lowest BCUT2D eigenvalue weighted by molar-refractivity contribution is -0.0527. The maximum absolute atomic E-state index is 6.53. The molecule has 2 fully saturated rings. The van der Waals surface area contributed by atoms with Gasteiger partial charge in [0, 0.05) is 7.11 Å². The van der Waals surface area contributed by atoms with Crippen LogP contribution in [0.2, 0.25) is 0 Å². The van der Waals surface area contributed by atoms with E-state index in [0.29, 0.717) is 11.7 Å². The maximum atomic E-state index is 6.53. The number of hydrogen-bond donors (Lipinski definition) is 1. The lowest BCUT2D eigenvalue weighted by atomic mass is 9.77. The van der Waals surface area contributed by atoms with Crippen LogP contribution in [-0.4, -0.2) is 17.3 Å². The van der Waals surface area contributed by atoms with Gasteiger partial charge >= 0.3 is 0 Å². The van der Waals surface area contributed by atoms with E-state index in [1.54, 1.807) is 7.11 Å². The van der Waals surface area contributed by atoms with E-state index >= 15 is 0 Å². The van der Waals surface area contributed by atoms with Gasteiger partial charge in [-0.3, -0.25) is 0 Å². The summed E-state index contributed by atoms with van der Waals surface area (Å²) in [6.07, 6.45) is 9.62. The molecule has 1 heterocycles. The Morgan fingerprint density at radius 3 is 2.43 bits per heavy atom. The van der Waals surface area contributed by atoms with Gasteiger partial charge in [0.1, 0.15) is 5.60 Å². The Kier molecular flexibility index (Phi) is 4.06. The normalized spacial score (nSPS) is 33.0. The lowest BCUT2D eigenvalue weighted by Gasteiger charge is -2.34. The Bertz CT molecular complexity index is 472. The van der Waals surface area contributed by atoms with Gasteiger partial charge in [0.25, 0.3) is 0 Å². The van der Waals surface area contributed by atoms with E-state index in [4.69, 9.17) is 15.0 Å². The Balaban J connectivity index is 1.82. The zero-order valence-electron chi connectivity index (χ0n) is 13.2. The lowest BCUT2D eigenvalue weighted by Crippen LogP contribution is -2.40. The van der Waals surface area contributed by atoms with E-state index in [0.717, 1.165) is 57.3 Å². The molecule has 1 aromatic heterocycles. The SMILES string of the molecule is COC1(c2noc(C3(N)CCC(C)CC3)n2)CCCCC1. The van der Waals surface area contributed by atoms with Crippen LogP contribution in [0.4, 0.5) is 0 Å². The Labute approximate surface area is 126 Å². The van der Waals surface area contributed by atoms with Gasteiger partial charge in [-0.05, 0) is 44.4 Å². The molecule has 1 aromatic rings. The first kappa shape index (κ1) is 15.0. The monoisotopic (exact) mass is 293 g/mol. The highest BCUT2D eigenvalue weighted by molar-refractivity contribution is 5.09. The van der Waals surface area contributed by atoms with Gasteiger partial charge in [0.15, 0.2) is 0 Å². The van der Waals surface area contributed by atoms with Crippen molar-refractivity contribution in [1.29, 1.82) is 0 Å². The van der Waals surface area contributed by atoms with Crippen LogP contribution in [0.3, 0.4) is 0 Å². The number of methoxy groups -OCH3 is 1. The first-order valence-electron chi connectivity index (χ1n) is 8.27. The summed E-state index contributed by atoms with van der Waals surface area (Å²) in [7, 11) is 1.75. The molecule has 0 saturated heterocycles. The van der Waals surface area contributed by atoms with E-state index in [1.165, 1.54) is 6.42 Å². The molecule has 5 heteroatoms. The second-order valence-electron chi connectivity index (χ2n) is 7.02. The summed E-state index contributed by atoms with van der Waals surface area (Å²) < 4.78 is 11.3. The number of rotatable bonds is 3. The average molecular weight is 293 g/mol. The third-order valence-corrected chi connectivity index (χ3v) is 5.48. The molecular weight excluding hydrogens is 266 g/mol. The highest BCUT2D eigenvalue weighted by atomic mass is 16.5. The van der Waals surface area contributed by atoms with Gasteiger partial charge in [-0.25, -0.2) is 0 Å². The Morgan fingerprint density at radius 2 is 1.81 bits per heavy atom. The van der Waals surface area contributed by atoms with Crippen LogP contribution in [0.25, 0.3) is 0 Å². The molecule has 5 nitrogen and oxygen atoms in total. The van der Waals surface area contributed by atoms with Crippen molar-refractivity contribution < 1.29 is 9.26 Å². The fourth-order valence-electron chi connectivity index (χ4n) is 3.74. The number of nitrogens with zero attached hydrogens (tertiary/aromatic N) is 2. The van der Waals surface area contributed by atoms with Gasteiger partial charge in [0.2, 0.25) is 11.7 Å². The van der Waals surface area contributed by atoms with E-state index in [9.17, 15) is 0 Å². The molecule has 3 rings (SSSR count). The number of ether oxygens (including phenoxy) is 1. The predicted octanol–water partition coefficient (Wildman–Crippen LogP) is 3.24. The Hall–Kier alpha value is -0.940. The number of nitrogens with two attached hydrogens (primary N) is 1. The van der Waals surface area contributed by atoms with Crippen molar-refractivity contribution >= 4 is 0 Å². The summed E-state index contributed by atoms with van der Waals surface area (Å²) in [5, 5.41) is 4.23. The van der Waals surface area contributed by atoms with Crippen molar-refractivity contribution in [2.45, 2.75) is 75.9 Å². The molecule has 0 amide bonds. The highest BCUT2D eigenvalue weighted by Gasteiger charge is 2.42. The smallest absolute Gasteiger partial charge is 0.246 e. The van der Waals surface area contributed by atoms with Crippen LogP contribution in [0, 0.1) is 5.92 Å². The molecule has 0 aromatic carbocycles. The van der Waals surface area contributed by atoms with Gasteiger partial charge in [-0.2, -0.15) is 4.98 Å². The summed E-state index contributed by atoms with van der Waals surface area (Å²) in [6, 6.07) is 0. The van der Waals surface area contributed by atoms with Crippen molar-refractivity contribution in [3.8, 4) is 0 Å². The molecule has 2 aliphatic rings. The first-order valence-corrected chi connectivity index (χ1v) is 8.27. The van der Waals surface area contributed by atoms with Crippen LogP contribution in [0.15, 0.2) is 4.52 Å². The second-order valence-corrected chi connectivity index (χ2v) is 7.02. The molecule has 0 atom stereocenters. The number of hydrogen-bond acceptors (Lipinski definition) is 5. The second kappa shape index (κ2) is 5.69. The fourth-order valence-corrected chi connectivity index (χ4v) is 3.74. The summed E-state index contributed by atoms with van der Waals surface area (Å²) in [6.45, 7) is 2.28. The zero-order chi connectivity index (χ0) is 14.9. The molecule has 0 radical (unpaired) electrons. The quantitative estimate of drug-likeness (QED) is 0.926. The topological polar surface area (TPSA) is 74.2 Å². The third kappa shape index (κ3) is 2.73. The van der Waals surface area contributed by atoms with Gasteiger partial charge in [-0.15, -0.1) is 0 Å². The summed E-state index contributed by atoms with van der Waals surface area (Å²) in [4.78, 5) is 4.67. The predicted molar refractivity (Wildman–Crippen MR) is 79.6 cm³/mol. The number of aromatic nitrogens is 2. The van der Waals surface area contributed by atoms with Crippen molar-refractivity contribution in [2.75, 3.05) is 7.11 Å². The van der Waals surface area contributed by atoms with Gasteiger partial charge in [-0.1, -0.05) is 31.3 Å². The standard InChI is InChI=1S/C16H27N3O2/c1-12-6-10-15(17,11-7-12)14-18-13(19-21-14)16(20-2)8-4-3-5-9-16/h12H,3-11,17H2,1-2H3. The van der Waals surface area contributed by atoms with Gasteiger partial charge < -0.3 is 15.0 Å². The largest absolute Gasteiger partial charge is 0.370 e. The van der Waals surface area contributed by atoms with Crippen LogP contribution in [0.1, 0.15) is 76.4 Å². The zero-order valence-corrected chi connectivity index (χ0v) is 13.2. The summed E-state index contributed by atoms with van der Waals surface area (Å²) in [5.74, 6) is 2.04. The first-order chi connectivity index (χ1) is 10.1. The van der Waals surface area contributed by atoms with Crippen molar-refractivity contribution in [3.05, 3.63) is 11.7 Å². The van der Waals surface area contributed by atoms with Crippen molar-refractivity contribution in [1.82, 2.24) is 10.1 Å². The third-order valence-electron chi connectivity index (χ3n) is 5.48. The molecule has 118 valence electrons. The van der Waals surface area contributed by atoms with Gasteiger partial charge in [0.05, 0.1) is 5.54 Å². The molecule has 2 saturated carbocycles. The van der Waals surface area contributed by atoms with E-state index < -0.39 is 5.54 Å². The van der Waals surface area contributed by atoms with E-state index in [1.807, 2.05) is 0 Å². The van der Waals surface area contributed by atoms with Crippen LogP contribution in [-0.2, 0) is 15.9 Å². The Morgan fingerprint density at radius 1 is 1.14 bits per heavy atom. The van der Waals surface area contributed by atoms with Crippen molar-refractivity contribution in [3.63, 3.8) is 0 Å². The average Bonchev–Trinajstić information content (AvgIpc) is 3.02. The molecular formula is C16H27N3O2. The minimum Gasteiger partial charge on any atom is -0.370 e. The van der Waals surface area contributed by atoms with Crippen molar-refractivity contribution in [2.24, 2.45) is 11.7 Å². The van der Waals surface area contributed by atoms with Crippen LogP contribution < -0.4 is 5.73 Å².